The topological polar surface area (TPSA) is 23.6 Å². The molecule has 3 nitrogen and oxygen atoms in total. The average Bonchev–Trinajstić information content (AvgIpc) is 2.33. The van der Waals surface area contributed by atoms with E-state index in [0.717, 1.165) is 6.41 Å². The summed E-state index contributed by atoms with van der Waals surface area (Å²) in [5.74, 6) is 0. The molecule has 1 amide bonds. The van der Waals surface area contributed by atoms with E-state index in [9.17, 15) is 4.79 Å². The van der Waals surface area contributed by atoms with E-state index in [1.54, 1.807) is 22.9 Å². The highest BCUT2D eigenvalue weighted by Crippen LogP contribution is 2.24. The maximum atomic E-state index is 10.4. The van der Waals surface area contributed by atoms with E-state index in [0.29, 0.717) is 0 Å². The van der Waals surface area contributed by atoms with Gasteiger partial charge in [0.2, 0.25) is 6.41 Å². The van der Waals surface area contributed by atoms with Gasteiger partial charge in [-0.1, -0.05) is 11.8 Å². The molecule has 0 spiro atoms. The molecule has 0 aliphatic carbocycles. The third-order valence-electron chi connectivity index (χ3n) is 1.25. The summed E-state index contributed by atoms with van der Waals surface area (Å²) in [5, 5.41) is 1.92. The normalized spacial score (nSPS) is 24.3. The summed E-state index contributed by atoms with van der Waals surface area (Å²) in [6, 6.07) is 0. The van der Waals surface area contributed by atoms with E-state index in [2.05, 4.69) is 0 Å². The Morgan fingerprint density at radius 2 is 2.40 bits per heavy atom. The van der Waals surface area contributed by atoms with E-state index >= 15 is 0 Å². The van der Waals surface area contributed by atoms with Gasteiger partial charge < -0.3 is 0 Å². The molecule has 56 valence electrons. The Hall–Kier alpha value is -0.480. The predicted octanol–water partition coefficient (Wildman–Crippen LogP) is 0.508. The van der Waals surface area contributed by atoms with Crippen LogP contribution in [0.2, 0.25) is 0 Å². The van der Waals surface area contributed by atoms with Crippen LogP contribution in [0.1, 0.15) is 0 Å². The molecule has 1 aliphatic rings. The molecule has 1 heterocycles. The summed E-state index contributed by atoms with van der Waals surface area (Å²) >= 11 is 1.62. The first-order valence-electron chi connectivity index (χ1n) is 2.97. The van der Waals surface area contributed by atoms with Gasteiger partial charge in [0.15, 0.2) is 0 Å². The van der Waals surface area contributed by atoms with Crippen LogP contribution in [0.15, 0.2) is 11.6 Å². The highest BCUT2D eigenvalue weighted by Gasteiger charge is 2.20. The first kappa shape index (κ1) is 7.63. The summed E-state index contributed by atoms with van der Waals surface area (Å²) < 4.78 is 0. The van der Waals surface area contributed by atoms with Crippen LogP contribution in [0.25, 0.3) is 0 Å². The van der Waals surface area contributed by atoms with Gasteiger partial charge in [0.1, 0.15) is 5.50 Å². The number of nitrogens with zero attached hydrogens (tertiary/aromatic N) is 2. The van der Waals surface area contributed by atoms with E-state index in [1.165, 1.54) is 0 Å². The van der Waals surface area contributed by atoms with Gasteiger partial charge >= 0.3 is 0 Å². The lowest BCUT2D eigenvalue weighted by molar-refractivity contribution is -0.117. The molecule has 0 N–H and O–H groups in total. The van der Waals surface area contributed by atoms with Crippen molar-refractivity contribution in [3.63, 3.8) is 0 Å². The maximum absolute atomic E-state index is 10.4. The van der Waals surface area contributed by atoms with Crippen LogP contribution < -0.4 is 0 Å². The highest BCUT2D eigenvalue weighted by molar-refractivity contribution is 8.02. The number of carbonyl (C=O) groups is 1. The Labute approximate surface area is 64.7 Å². The second-order valence-electron chi connectivity index (χ2n) is 2.26. The van der Waals surface area contributed by atoms with Gasteiger partial charge in [-0.15, -0.1) is 0 Å². The molecule has 0 aromatic rings. The fraction of sp³-hybridized carbons (Fsp3) is 0.500. The summed E-state index contributed by atoms with van der Waals surface area (Å²) in [6.07, 6.45) is 2.61. The molecule has 0 saturated carbocycles. The lowest BCUT2D eigenvalue weighted by Gasteiger charge is -2.24. The Morgan fingerprint density at radius 1 is 1.70 bits per heavy atom. The lowest BCUT2D eigenvalue weighted by Crippen LogP contribution is -2.35. The zero-order chi connectivity index (χ0) is 7.56. The molecule has 1 aliphatic heterocycles. The quantitative estimate of drug-likeness (QED) is 0.547. The largest absolute Gasteiger partial charge is 0.295 e. The first-order valence-corrected chi connectivity index (χ1v) is 3.91. The van der Waals surface area contributed by atoms with Crippen LogP contribution in [0.3, 0.4) is 0 Å². The van der Waals surface area contributed by atoms with Gasteiger partial charge in [-0.3, -0.25) is 14.6 Å². The van der Waals surface area contributed by atoms with Crippen molar-refractivity contribution in [1.82, 2.24) is 9.80 Å². The molecule has 0 saturated heterocycles. The van der Waals surface area contributed by atoms with Crippen molar-refractivity contribution in [3.8, 4) is 0 Å². The van der Waals surface area contributed by atoms with E-state index in [-0.39, 0.29) is 5.50 Å². The van der Waals surface area contributed by atoms with Crippen molar-refractivity contribution in [2.45, 2.75) is 5.50 Å². The first-order chi connectivity index (χ1) is 4.75. The fourth-order valence-electron chi connectivity index (χ4n) is 0.795. The van der Waals surface area contributed by atoms with Crippen molar-refractivity contribution < 1.29 is 4.79 Å². The smallest absolute Gasteiger partial charge is 0.215 e. The van der Waals surface area contributed by atoms with Crippen LogP contribution in [0.5, 0.6) is 0 Å². The Bertz CT molecular complexity index is 158. The van der Waals surface area contributed by atoms with Crippen molar-refractivity contribution in [2.75, 3.05) is 14.1 Å². The van der Waals surface area contributed by atoms with Crippen molar-refractivity contribution in [2.24, 2.45) is 0 Å². The molecular weight excluding hydrogens is 148 g/mol. The molecule has 1 unspecified atom stereocenters. The molecule has 0 aromatic carbocycles. The lowest BCUT2D eigenvalue weighted by atomic mass is 10.7. The molecule has 10 heavy (non-hydrogen) atoms. The molecular formula is C6H10N2OS. The number of thioether (sulfide) groups is 1. The number of hydrogen-bond donors (Lipinski definition) is 0. The molecule has 0 bridgehead atoms. The van der Waals surface area contributed by atoms with Gasteiger partial charge in [-0.2, -0.15) is 0 Å². The monoisotopic (exact) mass is 158 g/mol. The molecule has 0 aromatic heterocycles. The minimum Gasteiger partial charge on any atom is -0.295 e. The molecule has 1 rings (SSSR count). The van der Waals surface area contributed by atoms with E-state index in [4.69, 9.17) is 0 Å². The average molecular weight is 158 g/mol. The Balaban J connectivity index is 2.55. The zero-order valence-electron chi connectivity index (χ0n) is 6.02. The van der Waals surface area contributed by atoms with E-state index < -0.39 is 0 Å². The van der Waals surface area contributed by atoms with Crippen molar-refractivity contribution in [1.29, 1.82) is 0 Å². The third-order valence-corrected chi connectivity index (χ3v) is 2.44. The summed E-state index contributed by atoms with van der Waals surface area (Å²) in [6.45, 7) is 0. The van der Waals surface area contributed by atoms with Gasteiger partial charge in [0, 0.05) is 6.20 Å². The van der Waals surface area contributed by atoms with Crippen LogP contribution in [0, 0.1) is 0 Å². The van der Waals surface area contributed by atoms with Crippen LogP contribution in [0.4, 0.5) is 0 Å². The highest BCUT2D eigenvalue weighted by atomic mass is 32.2. The van der Waals surface area contributed by atoms with E-state index in [1.807, 2.05) is 24.4 Å². The Kier molecular flexibility index (Phi) is 2.34. The number of carbonyl (C=O) groups excluding carboxylic acids is 1. The minimum absolute atomic E-state index is 0.150. The predicted molar refractivity (Wildman–Crippen MR) is 42.1 cm³/mol. The second-order valence-corrected chi connectivity index (χ2v) is 3.23. The minimum atomic E-state index is 0.150. The van der Waals surface area contributed by atoms with Crippen molar-refractivity contribution >= 4 is 18.2 Å². The van der Waals surface area contributed by atoms with Crippen LogP contribution in [-0.4, -0.2) is 35.8 Å². The van der Waals surface area contributed by atoms with Gasteiger partial charge in [-0.25, -0.2) is 0 Å². The summed E-state index contributed by atoms with van der Waals surface area (Å²) in [5.41, 5.74) is 0.150. The second kappa shape index (κ2) is 3.07. The molecule has 0 fully saturated rings. The Morgan fingerprint density at radius 3 is 2.80 bits per heavy atom. The number of hydrogen-bond acceptors (Lipinski definition) is 3. The van der Waals surface area contributed by atoms with Gasteiger partial charge in [0.05, 0.1) is 0 Å². The standard InChI is InChI=1S/C6H10N2OS/c1-7(2)6-8(5-9)3-4-10-6/h3-6H,1-2H3. The SMILES string of the molecule is CN(C)C1SC=CN1C=O. The van der Waals surface area contributed by atoms with Gasteiger partial charge in [0.25, 0.3) is 0 Å². The van der Waals surface area contributed by atoms with Gasteiger partial charge in [-0.05, 0) is 19.5 Å². The van der Waals surface area contributed by atoms with Crippen LogP contribution in [-0.2, 0) is 4.79 Å². The summed E-state index contributed by atoms with van der Waals surface area (Å²) in [7, 11) is 3.89. The number of rotatable bonds is 2. The molecule has 1 atom stereocenters. The third kappa shape index (κ3) is 1.33. The molecule has 4 heteroatoms. The zero-order valence-corrected chi connectivity index (χ0v) is 6.84. The van der Waals surface area contributed by atoms with Crippen LogP contribution >= 0.6 is 11.8 Å². The number of amides is 1. The fourth-order valence-corrected chi connectivity index (χ4v) is 1.65. The van der Waals surface area contributed by atoms with Crippen molar-refractivity contribution in [3.05, 3.63) is 11.6 Å². The maximum Gasteiger partial charge on any atom is 0.215 e. The molecule has 0 radical (unpaired) electrons. The summed E-state index contributed by atoms with van der Waals surface area (Å²) in [4.78, 5) is 14.0.